The number of ether oxygens (including phenoxy) is 4. The Kier molecular flexibility index (Phi) is 4.23. The van der Waals surface area contributed by atoms with Gasteiger partial charge in [0.1, 0.15) is 6.10 Å². The minimum atomic E-state index is -2.28. The summed E-state index contributed by atoms with van der Waals surface area (Å²) in [5.41, 5.74) is -8.24. The summed E-state index contributed by atoms with van der Waals surface area (Å²) >= 11 is 7.12. The number of aliphatic hydroxyl groups excluding tert-OH is 1. The Labute approximate surface area is 229 Å². The molecule has 5 bridgehead atoms. The lowest BCUT2D eigenvalue weighted by Crippen LogP contribution is -2.79. The number of allylic oxidation sites excluding steroid dienone is 2. The molecule has 13 atom stereocenters. The molecule has 0 aromatic carbocycles. The number of esters is 2. The van der Waals surface area contributed by atoms with Gasteiger partial charge in [0.25, 0.3) is 0 Å². The van der Waals surface area contributed by atoms with Gasteiger partial charge >= 0.3 is 11.9 Å². The average Bonchev–Trinajstić information content (AvgIpc) is 3.19. The van der Waals surface area contributed by atoms with Gasteiger partial charge in [0.05, 0.1) is 34.8 Å². The molecule has 7 fully saturated rings. The van der Waals surface area contributed by atoms with Crippen LogP contribution in [-0.4, -0.2) is 80.0 Å². The highest BCUT2D eigenvalue weighted by molar-refractivity contribution is 6.28. The number of fused-ring (bicyclic) bond motifs is 5. The average molecular weight is 563 g/mol. The van der Waals surface area contributed by atoms with Gasteiger partial charge < -0.3 is 29.2 Å². The first-order valence-electron chi connectivity index (χ1n) is 13.8. The number of ketones is 2. The van der Waals surface area contributed by atoms with E-state index >= 15 is 0 Å². The number of carbonyl (C=O) groups is 4. The van der Waals surface area contributed by atoms with Crippen molar-refractivity contribution in [3.8, 4) is 0 Å². The Hall–Kier alpha value is -1.85. The van der Waals surface area contributed by atoms with E-state index in [1.165, 1.54) is 6.08 Å². The van der Waals surface area contributed by atoms with E-state index in [2.05, 4.69) is 0 Å². The van der Waals surface area contributed by atoms with Crippen LogP contribution in [0.15, 0.2) is 12.2 Å². The van der Waals surface area contributed by atoms with Crippen molar-refractivity contribution in [3.63, 3.8) is 0 Å². The largest absolute Gasteiger partial charge is 0.458 e. The van der Waals surface area contributed by atoms with Crippen LogP contribution in [0.4, 0.5) is 0 Å². The summed E-state index contributed by atoms with van der Waals surface area (Å²) in [6.45, 7) is 4.87. The summed E-state index contributed by atoms with van der Waals surface area (Å²) in [6.07, 6.45) is 1.39. The van der Waals surface area contributed by atoms with Crippen LogP contribution >= 0.6 is 11.6 Å². The molecule has 8 rings (SSSR count). The zero-order valence-electron chi connectivity index (χ0n) is 21.9. The normalized spacial score (nSPS) is 62.0. The van der Waals surface area contributed by atoms with E-state index in [9.17, 15) is 29.4 Å². The molecule has 210 valence electrons. The van der Waals surface area contributed by atoms with Gasteiger partial charge in [-0.05, 0) is 56.4 Å². The Morgan fingerprint density at radius 2 is 1.85 bits per heavy atom. The third kappa shape index (κ3) is 2.15. The summed E-state index contributed by atoms with van der Waals surface area (Å²) in [4.78, 5) is 54.3. The van der Waals surface area contributed by atoms with Gasteiger partial charge in [-0.15, -0.1) is 11.6 Å². The molecule has 2 spiro atoms. The fraction of sp³-hybridized carbons (Fsp3) is 0.786. The quantitative estimate of drug-likeness (QED) is 0.323. The van der Waals surface area contributed by atoms with E-state index in [4.69, 9.17) is 30.5 Å². The van der Waals surface area contributed by atoms with Crippen LogP contribution in [0.3, 0.4) is 0 Å². The summed E-state index contributed by atoms with van der Waals surface area (Å²) in [5, 5.41) is 24.0. The maximum Gasteiger partial charge on any atom is 0.342 e. The topological polar surface area (TPSA) is 146 Å². The summed E-state index contributed by atoms with van der Waals surface area (Å²) in [5.74, 6) is -7.85. The summed E-state index contributed by atoms with van der Waals surface area (Å²) in [7, 11) is 0. The van der Waals surface area contributed by atoms with Crippen LogP contribution in [0.25, 0.3) is 0 Å². The number of aliphatic hydroxyl groups is 2. The van der Waals surface area contributed by atoms with Crippen molar-refractivity contribution in [3.05, 3.63) is 12.2 Å². The Morgan fingerprint density at radius 3 is 2.59 bits per heavy atom. The molecule has 2 saturated carbocycles. The summed E-state index contributed by atoms with van der Waals surface area (Å²) in [6, 6.07) is 0. The minimum absolute atomic E-state index is 0.00137. The molecule has 8 aliphatic rings. The molecular weight excluding hydrogens is 532 g/mol. The smallest absolute Gasteiger partial charge is 0.342 e. The SMILES string of the molecule is C[C@]12CC3OC(=O)[C@H]1COC14O[C@@]5([C@@H]2C1=O)[C@@]3(C)OC(=O)[C@@]5(O)CC[C@@H]1[C@H]4C[C@H](O)[C@@]2(Cl)CC=CC(=O)[C@@]12C. The number of rotatable bonds is 0. The zero-order valence-corrected chi connectivity index (χ0v) is 22.7. The highest BCUT2D eigenvalue weighted by Gasteiger charge is 2.93. The zero-order chi connectivity index (χ0) is 27.8. The lowest BCUT2D eigenvalue weighted by Gasteiger charge is -2.64. The standard InChI is InChI=1S/C28H31ClO10/c1-22-10-17-24(3)28-18(22)19(32)27(39-28,36-11-14(22)20(33)37-17)13-9-16(31)25(29)7-4-5-15(30)23(25,2)12(13)6-8-26(28,35)21(34)38-24/h4-5,12-14,16-18,31,35H,6-11H2,1-3H3/t12-,13-,14-,16+,17?,18-,22+,23-,24+,25+,26+,27?,28+/m1/s1. The Morgan fingerprint density at radius 1 is 1.10 bits per heavy atom. The molecule has 2 N–H and O–H groups in total. The molecule has 0 aromatic heterocycles. The van der Waals surface area contributed by atoms with E-state index in [-0.39, 0.29) is 44.5 Å². The van der Waals surface area contributed by atoms with E-state index in [0.717, 1.165) is 0 Å². The molecule has 39 heavy (non-hydrogen) atoms. The van der Waals surface area contributed by atoms with E-state index < -0.39 is 91.9 Å². The van der Waals surface area contributed by atoms with Crippen LogP contribution in [0.1, 0.15) is 52.9 Å². The third-order valence-electron chi connectivity index (χ3n) is 12.6. The predicted octanol–water partition coefficient (Wildman–Crippen LogP) is 0.969. The van der Waals surface area contributed by atoms with E-state index in [0.29, 0.717) is 0 Å². The number of Topliss-reactive ketones (excluding diaryl/α,β-unsaturated/α-hetero) is 1. The lowest BCUT2D eigenvalue weighted by molar-refractivity contribution is -0.378. The molecule has 5 aliphatic heterocycles. The second kappa shape index (κ2) is 6.62. The molecule has 11 heteroatoms. The first kappa shape index (κ1) is 24.9. The highest BCUT2D eigenvalue weighted by atomic mass is 35.5. The van der Waals surface area contributed by atoms with Crippen molar-refractivity contribution in [2.75, 3.05) is 6.61 Å². The first-order valence-corrected chi connectivity index (χ1v) is 14.2. The van der Waals surface area contributed by atoms with Gasteiger partial charge in [0, 0.05) is 5.92 Å². The number of carbonyl (C=O) groups excluding carboxylic acids is 4. The Balaban J connectivity index is 1.43. The van der Waals surface area contributed by atoms with Crippen LogP contribution in [-0.2, 0) is 38.1 Å². The van der Waals surface area contributed by atoms with Gasteiger partial charge in [-0.25, -0.2) is 4.79 Å². The molecule has 10 nitrogen and oxygen atoms in total. The van der Waals surface area contributed by atoms with Gasteiger partial charge in [-0.1, -0.05) is 19.9 Å². The number of hydrogen-bond donors (Lipinski definition) is 2. The lowest BCUT2D eigenvalue weighted by atomic mass is 9.46. The number of alkyl halides is 1. The second-order valence-electron chi connectivity index (χ2n) is 13.7. The fourth-order valence-corrected chi connectivity index (χ4v) is 10.9. The molecule has 2 unspecified atom stereocenters. The number of halogens is 1. The van der Waals surface area contributed by atoms with Crippen molar-refractivity contribution in [1.29, 1.82) is 0 Å². The van der Waals surface area contributed by atoms with Crippen molar-refractivity contribution in [2.24, 2.45) is 34.5 Å². The van der Waals surface area contributed by atoms with Crippen molar-refractivity contribution in [1.82, 2.24) is 0 Å². The Bertz CT molecular complexity index is 1330. The van der Waals surface area contributed by atoms with Gasteiger partial charge in [-0.2, -0.15) is 0 Å². The van der Waals surface area contributed by atoms with Crippen LogP contribution in [0.5, 0.6) is 0 Å². The molecule has 5 heterocycles. The monoisotopic (exact) mass is 562 g/mol. The van der Waals surface area contributed by atoms with Crippen molar-refractivity contribution in [2.45, 2.75) is 92.5 Å². The predicted molar refractivity (Wildman–Crippen MR) is 129 cm³/mol. The van der Waals surface area contributed by atoms with Gasteiger partial charge in [0.15, 0.2) is 28.4 Å². The maximum atomic E-state index is 14.9. The number of hydrogen-bond acceptors (Lipinski definition) is 10. The van der Waals surface area contributed by atoms with E-state index in [1.54, 1.807) is 26.8 Å². The van der Waals surface area contributed by atoms with E-state index in [1.807, 2.05) is 0 Å². The molecule has 0 amide bonds. The minimum Gasteiger partial charge on any atom is -0.458 e. The van der Waals surface area contributed by atoms with Crippen molar-refractivity contribution < 1.29 is 48.3 Å². The molecule has 0 aromatic rings. The van der Waals surface area contributed by atoms with Crippen LogP contribution < -0.4 is 0 Å². The maximum absolute atomic E-state index is 14.9. The first-order chi connectivity index (χ1) is 18.2. The fourth-order valence-electron chi connectivity index (χ4n) is 10.5. The summed E-state index contributed by atoms with van der Waals surface area (Å²) < 4.78 is 25.0. The van der Waals surface area contributed by atoms with Gasteiger partial charge in [-0.3, -0.25) is 14.4 Å². The molecular formula is C28H31ClO10. The molecule has 3 aliphatic carbocycles. The van der Waals surface area contributed by atoms with Crippen molar-refractivity contribution >= 4 is 35.1 Å². The molecule has 0 radical (unpaired) electrons. The second-order valence-corrected chi connectivity index (χ2v) is 14.4. The van der Waals surface area contributed by atoms with Gasteiger partial charge in [0.2, 0.25) is 5.79 Å². The molecule has 5 saturated heterocycles. The van der Waals surface area contributed by atoms with Crippen LogP contribution in [0, 0.1) is 34.5 Å². The van der Waals surface area contributed by atoms with Crippen LogP contribution in [0.2, 0.25) is 0 Å². The highest BCUT2D eigenvalue weighted by Crippen LogP contribution is 2.75. The third-order valence-corrected chi connectivity index (χ3v) is 13.4.